The lowest BCUT2D eigenvalue weighted by atomic mass is 9.77. The monoisotopic (exact) mass is 312 g/mol. The van der Waals surface area contributed by atoms with Gasteiger partial charge in [0.2, 0.25) is 0 Å². The first kappa shape index (κ1) is 16.8. The Bertz CT molecular complexity index is 473. The van der Waals surface area contributed by atoms with Gasteiger partial charge >= 0.3 is 0 Å². The fraction of sp³-hybridized carbons (Fsp3) is 0.636. The molecule has 1 saturated carbocycles. The molecule has 0 N–H and O–H groups in total. The van der Waals surface area contributed by atoms with Crippen molar-refractivity contribution in [2.24, 2.45) is 11.8 Å². The molecule has 0 aromatic heterocycles. The van der Waals surface area contributed by atoms with Gasteiger partial charge in [0.1, 0.15) is 0 Å². The van der Waals surface area contributed by atoms with Gasteiger partial charge in [0.15, 0.2) is 0 Å². The maximum absolute atomic E-state index is 6.02. The highest BCUT2D eigenvalue weighted by Crippen LogP contribution is 2.38. The Hall–Kier alpha value is -1.08. The van der Waals surface area contributed by atoms with Gasteiger partial charge in [-0.15, -0.1) is 6.58 Å². The molecule has 1 aliphatic heterocycles. The summed E-state index contributed by atoms with van der Waals surface area (Å²) < 4.78 is 6.02. The molecule has 2 atom stereocenters. The molecule has 2 fully saturated rings. The van der Waals surface area contributed by atoms with Crippen molar-refractivity contribution in [3.8, 4) is 0 Å². The fourth-order valence-electron chi connectivity index (χ4n) is 4.40. The van der Waals surface area contributed by atoms with E-state index in [1.165, 1.54) is 50.5 Å². The lowest BCUT2D eigenvalue weighted by Gasteiger charge is -2.30. The zero-order valence-electron chi connectivity index (χ0n) is 14.7. The third-order valence-electron chi connectivity index (χ3n) is 5.97. The van der Waals surface area contributed by atoms with Crippen molar-refractivity contribution in [3.63, 3.8) is 0 Å². The summed E-state index contributed by atoms with van der Waals surface area (Å²) in [5.41, 5.74) is 2.90. The summed E-state index contributed by atoms with van der Waals surface area (Å²) in [6.45, 7) is 7.03. The number of hydrogen-bond donors (Lipinski definition) is 0. The van der Waals surface area contributed by atoms with E-state index >= 15 is 0 Å². The second-order valence-corrected chi connectivity index (χ2v) is 7.57. The van der Waals surface area contributed by atoms with Gasteiger partial charge in [0, 0.05) is 5.92 Å². The van der Waals surface area contributed by atoms with E-state index in [9.17, 15) is 0 Å². The molecule has 1 aliphatic carbocycles. The van der Waals surface area contributed by atoms with Crippen LogP contribution < -0.4 is 0 Å². The standard InChI is InChI=1S/C22H32O/c1-3-5-18-6-9-19(10-7-18)20-11-13-21(14-12-20)22-15-8-17(4-2)16-23-22/h4,11-14,17-19,22H,2-3,5-10,15-16H2,1H3. The maximum atomic E-state index is 6.02. The van der Waals surface area contributed by atoms with Crippen molar-refractivity contribution in [2.45, 2.75) is 70.3 Å². The van der Waals surface area contributed by atoms with Crippen molar-refractivity contribution in [1.29, 1.82) is 0 Å². The Morgan fingerprint density at radius 2 is 1.70 bits per heavy atom. The summed E-state index contributed by atoms with van der Waals surface area (Å²) in [6.07, 6.45) is 13.0. The fourth-order valence-corrected chi connectivity index (χ4v) is 4.40. The van der Waals surface area contributed by atoms with E-state index < -0.39 is 0 Å². The number of hydrogen-bond acceptors (Lipinski definition) is 1. The van der Waals surface area contributed by atoms with Crippen molar-refractivity contribution in [3.05, 3.63) is 48.0 Å². The van der Waals surface area contributed by atoms with E-state index in [0.29, 0.717) is 12.0 Å². The second-order valence-electron chi connectivity index (χ2n) is 7.57. The lowest BCUT2D eigenvalue weighted by molar-refractivity contribution is -0.00515. The van der Waals surface area contributed by atoms with Crippen LogP contribution in [0.5, 0.6) is 0 Å². The minimum absolute atomic E-state index is 0.292. The number of ether oxygens (including phenoxy) is 1. The van der Waals surface area contributed by atoms with Crippen LogP contribution in [0.2, 0.25) is 0 Å². The van der Waals surface area contributed by atoms with Gasteiger partial charge in [0.25, 0.3) is 0 Å². The Labute approximate surface area is 142 Å². The van der Waals surface area contributed by atoms with Crippen molar-refractivity contribution < 1.29 is 4.74 Å². The minimum Gasteiger partial charge on any atom is -0.373 e. The second kappa shape index (κ2) is 8.15. The first-order valence-corrected chi connectivity index (χ1v) is 9.64. The summed E-state index contributed by atoms with van der Waals surface area (Å²) >= 11 is 0. The largest absolute Gasteiger partial charge is 0.373 e. The molecule has 0 amide bonds. The summed E-state index contributed by atoms with van der Waals surface area (Å²) in [4.78, 5) is 0. The average Bonchev–Trinajstić information content (AvgIpc) is 2.63. The molecule has 126 valence electrons. The molecule has 23 heavy (non-hydrogen) atoms. The third-order valence-corrected chi connectivity index (χ3v) is 5.97. The Balaban J connectivity index is 1.54. The van der Waals surface area contributed by atoms with Crippen LogP contribution in [0.15, 0.2) is 36.9 Å². The molecule has 3 rings (SSSR count). The molecular weight excluding hydrogens is 280 g/mol. The highest BCUT2D eigenvalue weighted by molar-refractivity contribution is 5.27. The molecule has 1 heterocycles. The molecule has 1 aromatic rings. The predicted octanol–water partition coefficient (Wildman–Crippen LogP) is 6.41. The van der Waals surface area contributed by atoms with Crippen LogP contribution in [0.4, 0.5) is 0 Å². The topological polar surface area (TPSA) is 9.23 Å². The van der Waals surface area contributed by atoms with Crippen molar-refractivity contribution in [1.82, 2.24) is 0 Å². The normalized spacial score (nSPS) is 31.7. The smallest absolute Gasteiger partial charge is 0.0825 e. The van der Waals surface area contributed by atoms with Gasteiger partial charge in [-0.2, -0.15) is 0 Å². The molecule has 0 radical (unpaired) electrons. The minimum atomic E-state index is 0.292. The van der Waals surface area contributed by atoms with Crippen LogP contribution in [0.25, 0.3) is 0 Å². The lowest BCUT2D eigenvalue weighted by Crippen LogP contribution is -2.19. The van der Waals surface area contributed by atoms with E-state index in [2.05, 4.69) is 37.8 Å². The van der Waals surface area contributed by atoms with E-state index in [4.69, 9.17) is 4.74 Å². The zero-order valence-corrected chi connectivity index (χ0v) is 14.7. The van der Waals surface area contributed by atoms with Crippen molar-refractivity contribution >= 4 is 0 Å². The van der Waals surface area contributed by atoms with E-state index in [0.717, 1.165) is 24.9 Å². The van der Waals surface area contributed by atoms with Crippen LogP contribution in [0, 0.1) is 11.8 Å². The number of rotatable bonds is 5. The molecule has 1 heteroatoms. The molecule has 2 unspecified atom stereocenters. The van der Waals surface area contributed by atoms with Crippen LogP contribution in [-0.4, -0.2) is 6.61 Å². The zero-order chi connectivity index (χ0) is 16.1. The van der Waals surface area contributed by atoms with Gasteiger partial charge < -0.3 is 4.74 Å². The summed E-state index contributed by atoms with van der Waals surface area (Å²) in [7, 11) is 0. The molecular formula is C22H32O. The average molecular weight is 312 g/mol. The van der Waals surface area contributed by atoms with Gasteiger partial charge in [-0.3, -0.25) is 0 Å². The van der Waals surface area contributed by atoms with Crippen LogP contribution in [0.3, 0.4) is 0 Å². The van der Waals surface area contributed by atoms with Crippen molar-refractivity contribution in [2.75, 3.05) is 6.61 Å². The van der Waals surface area contributed by atoms with Gasteiger partial charge in [-0.1, -0.05) is 50.1 Å². The number of benzene rings is 1. The molecule has 1 saturated heterocycles. The highest BCUT2D eigenvalue weighted by Gasteiger charge is 2.23. The molecule has 1 nitrogen and oxygen atoms in total. The van der Waals surface area contributed by atoms with E-state index in [1.54, 1.807) is 5.56 Å². The van der Waals surface area contributed by atoms with Gasteiger partial charge in [-0.25, -0.2) is 0 Å². The quantitative estimate of drug-likeness (QED) is 0.570. The summed E-state index contributed by atoms with van der Waals surface area (Å²) in [6, 6.07) is 9.35. The molecule has 0 spiro atoms. The van der Waals surface area contributed by atoms with Crippen LogP contribution >= 0.6 is 0 Å². The maximum Gasteiger partial charge on any atom is 0.0825 e. The Morgan fingerprint density at radius 3 is 2.26 bits per heavy atom. The summed E-state index contributed by atoms with van der Waals surface area (Å²) in [5, 5.41) is 0. The van der Waals surface area contributed by atoms with Gasteiger partial charge in [-0.05, 0) is 61.5 Å². The van der Waals surface area contributed by atoms with Crippen LogP contribution in [0.1, 0.15) is 81.4 Å². The first-order chi connectivity index (χ1) is 11.3. The highest BCUT2D eigenvalue weighted by atomic mass is 16.5. The van der Waals surface area contributed by atoms with Gasteiger partial charge in [0.05, 0.1) is 12.7 Å². The van der Waals surface area contributed by atoms with E-state index in [-0.39, 0.29) is 0 Å². The molecule has 2 aliphatic rings. The van der Waals surface area contributed by atoms with Crippen LogP contribution in [-0.2, 0) is 4.74 Å². The molecule has 1 aromatic carbocycles. The summed E-state index contributed by atoms with van der Waals surface area (Å²) in [5.74, 6) is 2.32. The Morgan fingerprint density at radius 1 is 1.00 bits per heavy atom. The predicted molar refractivity (Wildman–Crippen MR) is 97.7 cm³/mol. The van der Waals surface area contributed by atoms with E-state index in [1.807, 2.05) is 6.08 Å². The molecule has 0 bridgehead atoms. The third kappa shape index (κ3) is 4.26. The SMILES string of the molecule is C=CC1CCC(c2ccc(C3CCC(CCC)CC3)cc2)OC1. The Kier molecular flexibility index (Phi) is 5.94. The first-order valence-electron chi connectivity index (χ1n) is 9.64.